The first kappa shape index (κ1) is 16.8. The average molecular weight is 340 g/mol. The highest BCUT2D eigenvalue weighted by molar-refractivity contribution is 5.86. The number of aryl methyl sites for hydroxylation is 1. The number of rotatable bonds is 5. The number of methoxy groups -OCH3 is 3. The summed E-state index contributed by atoms with van der Waals surface area (Å²) in [6.07, 6.45) is 0.608. The predicted octanol–water partition coefficient (Wildman–Crippen LogP) is 2.97. The van der Waals surface area contributed by atoms with Crippen LogP contribution in [0.1, 0.15) is 12.7 Å². The molecule has 2 aromatic carbocycles. The normalized spacial score (nSPS) is 10.7. The SMILES string of the molecule is CCc1nc2cc(OC)cc(OC)c2c(=O)n1-c1ccc(OC)cc1. The van der Waals surface area contributed by atoms with E-state index in [9.17, 15) is 4.79 Å². The van der Waals surface area contributed by atoms with Crippen molar-refractivity contribution in [2.45, 2.75) is 13.3 Å². The second kappa shape index (κ2) is 6.84. The van der Waals surface area contributed by atoms with Gasteiger partial charge in [0, 0.05) is 18.6 Å². The van der Waals surface area contributed by atoms with Gasteiger partial charge in [0.05, 0.1) is 32.5 Å². The van der Waals surface area contributed by atoms with Crippen LogP contribution in [0.25, 0.3) is 16.6 Å². The molecule has 0 saturated heterocycles. The lowest BCUT2D eigenvalue weighted by molar-refractivity contribution is 0.397. The summed E-state index contributed by atoms with van der Waals surface area (Å²) in [6.45, 7) is 1.96. The Hall–Kier alpha value is -3.02. The Labute approximate surface area is 145 Å². The Balaban J connectivity index is 2.34. The van der Waals surface area contributed by atoms with E-state index in [0.29, 0.717) is 34.6 Å². The molecule has 0 saturated carbocycles. The van der Waals surface area contributed by atoms with Gasteiger partial charge in [0.1, 0.15) is 28.5 Å². The first-order valence-electron chi connectivity index (χ1n) is 7.95. The lowest BCUT2D eigenvalue weighted by Crippen LogP contribution is -2.24. The summed E-state index contributed by atoms with van der Waals surface area (Å²) in [6, 6.07) is 10.7. The standard InChI is InChI=1S/C19H20N2O4/c1-5-17-20-15-10-14(24-3)11-16(25-4)18(15)19(22)21(17)12-6-8-13(23-2)9-7-12/h6-11H,5H2,1-4H3. The summed E-state index contributed by atoms with van der Waals surface area (Å²) in [5.74, 6) is 2.43. The third-order valence-electron chi connectivity index (χ3n) is 4.08. The largest absolute Gasteiger partial charge is 0.497 e. The second-order valence-corrected chi connectivity index (χ2v) is 5.44. The minimum Gasteiger partial charge on any atom is -0.497 e. The molecule has 0 atom stereocenters. The van der Waals surface area contributed by atoms with Gasteiger partial charge in [-0.25, -0.2) is 4.98 Å². The van der Waals surface area contributed by atoms with Gasteiger partial charge in [0.25, 0.3) is 5.56 Å². The Morgan fingerprint density at radius 2 is 1.64 bits per heavy atom. The smallest absolute Gasteiger partial charge is 0.269 e. The molecule has 6 heteroatoms. The van der Waals surface area contributed by atoms with E-state index in [1.54, 1.807) is 30.9 Å². The van der Waals surface area contributed by atoms with Gasteiger partial charge in [0.15, 0.2) is 0 Å². The molecule has 0 fully saturated rings. The number of ether oxygens (including phenoxy) is 3. The maximum atomic E-state index is 13.2. The van der Waals surface area contributed by atoms with Crippen LogP contribution in [0.15, 0.2) is 41.2 Å². The molecule has 6 nitrogen and oxygen atoms in total. The highest BCUT2D eigenvalue weighted by Crippen LogP contribution is 2.28. The van der Waals surface area contributed by atoms with Gasteiger partial charge in [-0.15, -0.1) is 0 Å². The van der Waals surface area contributed by atoms with Gasteiger partial charge in [-0.1, -0.05) is 6.92 Å². The molecule has 0 N–H and O–H groups in total. The van der Waals surface area contributed by atoms with Gasteiger partial charge >= 0.3 is 0 Å². The van der Waals surface area contributed by atoms with Crippen molar-refractivity contribution in [3.8, 4) is 22.9 Å². The summed E-state index contributed by atoms with van der Waals surface area (Å²) >= 11 is 0. The van der Waals surface area contributed by atoms with Crippen molar-refractivity contribution >= 4 is 10.9 Å². The van der Waals surface area contributed by atoms with Crippen molar-refractivity contribution in [1.82, 2.24) is 9.55 Å². The second-order valence-electron chi connectivity index (χ2n) is 5.44. The first-order valence-corrected chi connectivity index (χ1v) is 7.95. The fourth-order valence-electron chi connectivity index (χ4n) is 2.81. The van der Waals surface area contributed by atoms with E-state index in [1.165, 1.54) is 7.11 Å². The average Bonchev–Trinajstić information content (AvgIpc) is 2.66. The van der Waals surface area contributed by atoms with Crippen LogP contribution >= 0.6 is 0 Å². The number of hydrogen-bond acceptors (Lipinski definition) is 5. The van der Waals surface area contributed by atoms with Crippen molar-refractivity contribution in [1.29, 1.82) is 0 Å². The van der Waals surface area contributed by atoms with Crippen molar-refractivity contribution in [3.05, 3.63) is 52.6 Å². The Bertz CT molecular complexity index is 962. The lowest BCUT2D eigenvalue weighted by atomic mass is 10.2. The van der Waals surface area contributed by atoms with Crippen LogP contribution in [0.2, 0.25) is 0 Å². The van der Waals surface area contributed by atoms with E-state index in [0.717, 1.165) is 11.4 Å². The molecule has 0 radical (unpaired) electrons. The monoisotopic (exact) mass is 340 g/mol. The van der Waals surface area contributed by atoms with E-state index < -0.39 is 0 Å². The summed E-state index contributed by atoms with van der Waals surface area (Å²) in [4.78, 5) is 17.9. The molecule has 0 aliphatic carbocycles. The molecule has 0 unspecified atom stereocenters. The van der Waals surface area contributed by atoms with Crippen LogP contribution in [0.3, 0.4) is 0 Å². The van der Waals surface area contributed by atoms with E-state index >= 15 is 0 Å². The zero-order chi connectivity index (χ0) is 18.0. The van der Waals surface area contributed by atoms with Crippen LogP contribution < -0.4 is 19.8 Å². The van der Waals surface area contributed by atoms with Crippen LogP contribution in [0, 0.1) is 0 Å². The van der Waals surface area contributed by atoms with Gasteiger partial charge in [0.2, 0.25) is 0 Å². The van der Waals surface area contributed by atoms with Crippen molar-refractivity contribution < 1.29 is 14.2 Å². The molecule has 0 amide bonds. The number of aromatic nitrogens is 2. The highest BCUT2D eigenvalue weighted by Gasteiger charge is 2.16. The molecule has 0 bridgehead atoms. The summed E-state index contributed by atoms with van der Waals surface area (Å²) < 4.78 is 17.5. The number of hydrogen-bond donors (Lipinski definition) is 0. The third-order valence-corrected chi connectivity index (χ3v) is 4.08. The Morgan fingerprint density at radius 1 is 0.960 bits per heavy atom. The quantitative estimate of drug-likeness (QED) is 0.714. The predicted molar refractivity (Wildman–Crippen MR) is 96.4 cm³/mol. The first-order chi connectivity index (χ1) is 12.1. The van der Waals surface area contributed by atoms with E-state index in [4.69, 9.17) is 14.2 Å². The summed E-state index contributed by atoms with van der Waals surface area (Å²) in [7, 11) is 4.70. The van der Waals surface area contributed by atoms with Crippen molar-refractivity contribution in [2.75, 3.05) is 21.3 Å². The molecular weight excluding hydrogens is 320 g/mol. The topological polar surface area (TPSA) is 62.6 Å². The summed E-state index contributed by atoms with van der Waals surface area (Å²) in [5.41, 5.74) is 1.12. The van der Waals surface area contributed by atoms with E-state index in [2.05, 4.69) is 4.98 Å². The molecule has 1 heterocycles. The summed E-state index contributed by atoms with van der Waals surface area (Å²) in [5, 5.41) is 0.427. The van der Waals surface area contributed by atoms with Crippen molar-refractivity contribution in [2.24, 2.45) is 0 Å². The van der Waals surface area contributed by atoms with Crippen molar-refractivity contribution in [3.63, 3.8) is 0 Å². The van der Waals surface area contributed by atoms with Crippen LogP contribution in [0.4, 0.5) is 0 Å². The molecule has 3 rings (SSSR count). The van der Waals surface area contributed by atoms with E-state index in [1.807, 2.05) is 31.2 Å². The molecule has 0 aliphatic rings. The zero-order valence-corrected chi connectivity index (χ0v) is 14.7. The van der Waals surface area contributed by atoms with Gasteiger partial charge in [-0.2, -0.15) is 0 Å². The van der Waals surface area contributed by atoms with Crippen LogP contribution in [-0.2, 0) is 6.42 Å². The van der Waals surface area contributed by atoms with Crippen LogP contribution in [-0.4, -0.2) is 30.9 Å². The fraction of sp³-hybridized carbons (Fsp3) is 0.263. The fourth-order valence-corrected chi connectivity index (χ4v) is 2.81. The highest BCUT2D eigenvalue weighted by atomic mass is 16.5. The lowest BCUT2D eigenvalue weighted by Gasteiger charge is -2.15. The maximum Gasteiger partial charge on any atom is 0.269 e. The Morgan fingerprint density at radius 3 is 2.20 bits per heavy atom. The van der Waals surface area contributed by atoms with Gasteiger partial charge < -0.3 is 14.2 Å². The zero-order valence-electron chi connectivity index (χ0n) is 14.7. The van der Waals surface area contributed by atoms with Crippen LogP contribution in [0.5, 0.6) is 17.2 Å². The minimum absolute atomic E-state index is 0.175. The molecule has 0 spiro atoms. The third kappa shape index (κ3) is 2.91. The van der Waals surface area contributed by atoms with E-state index in [-0.39, 0.29) is 5.56 Å². The molecular formula is C19H20N2O4. The molecule has 130 valence electrons. The molecule has 25 heavy (non-hydrogen) atoms. The molecule has 3 aromatic rings. The Kier molecular flexibility index (Phi) is 4.61. The van der Waals surface area contributed by atoms with Gasteiger partial charge in [-0.3, -0.25) is 9.36 Å². The number of benzene rings is 2. The molecule has 1 aromatic heterocycles. The minimum atomic E-state index is -0.175. The number of nitrogens with zero attached hydrogens (tertiary/aromatic N) is 2. The number of fused-ring (bicyclic) bond motifs is 1. The molecule has 0 aliphatic heterocycles. The maximum absolute atomic E-state index is 13.2. The van der Waals surface area contributed by atoms with Gasteiger partial charge in [-0.05, 0) is 24.3 Å².